The van der Waals surface area contributed by atoms with Gasteiger partial charge in [-0.25, -0.2) is 0 Å². The fourth-order valence-electron chi connectivity index (χ4n) is 4.21. The molecule has 8 nitrogen and oxygen atoms in total. The van der Waals surface area contributed by atoms with Crippen LogP contribution in [0.3, 0.4) is 0 Å². The predicted molar refractivity (Wildman–Crippen MR) is 144 cm³/mol. The standard InChI is InChI=1S/C30H38N2O6/c33-19-26(17-23-11-5-3-6-12-23)31-28(34)18-25-15-9-1-2-10-16-29(35)38-22-27(32-30(25)36)21-37-20-24-13-7-4-8-14-24/h1,3-9,11-14,25-27,33H,2,10,15-22H2,(H,31,34)(H,32,36). The monoisotopic (exact) mass is 522 g/mol. The molecule has 1 heterocycles. The third-order valence-electron chi connectivity index (χ3n) is 6.27. The van der Waals surface area contributed by atoms with Crippen molar-refractivity contribution in [2.24, 2.45) is 5.92 Å². The van der Waals surface area contributed by atoms with E-state index in [1.54, 1.807) is 0 Å². The lowest BCUT2D eigenvalue weighted by molar-refractivity contribution is -0.146. The molecule has 1 aliphatic rings. The summed E-state index contributed by atoms with van der Waals surface area (Å²) < 4.78 is 11.2. The lowest BCUT2D eigenvalue weighted by Crippen LogP contribution is -2.46. The number of rotatable bonds is 10. The van der Waals surface area contributed by atoms with Crippen LogP contribution in [0.25, 0.3) is 0 Å². The van der Waals surface area contributed by atoms with Crippen LogP contribution in [0.2, 0.25) is 0 Å². The van der Waals surface area contributed by atoms with Gasteiger partial charge in [0.05, 0.1) is 37.8 Å². The Morgan fingerprint density at radius 1 is 1.05 bits per heavy atom. The number of ether oxygens (including phenoxy) is 2. The zero-order valence-corrected chi connectivity index (χ0v) is 21.7. The van der Waals surface area contributed by atoms with E-state index >= 15 is 0 Å². The Morgan fingerprint density at radius 3 is 2.47 bits per heavy atom. The number of hydrogen-bond acceptors (Lipinski definition) is 6. The van der Waals surface area contributed by atoms with E-state index in [-0.39, 0.29) is 44.0 Å². The second-order valence-corrected chi connectivity index (χ2v) is 9.53. The minimum atomic E-state index is -0.615. The summed E-state index contributed by atoms with van der Waals surface area (Å²) in [6.07, 6.45) is 6.28. The van der Waals surface area contributed by atoms with Crippen LogP contribution >= 0.6 is 0 Å². The number of hydrogen-bond donors (Lipinski definition) is 3. The smallest absolute Gasteiger partial charge is 0.305 e. The normalized spacial score (nSPS) is 19.7. The molecule has 204 valence electrons. The molecule has 3 rings (SSSR count). The van der Waals surface area contributed by atoms with E-state index in [1.165, 1.54) is 0 Å². The molecule has 3 N–H and O–H groups in total. The minimum absolute atomic E-state index is 0.00459. The third-order valence-corrected chi connectivity index (χ3v) is 6.27. The maximum atomic E-state index is 13.3. The molecule has 2 aromatic rings. The van der Waals surface area contributed by atoms with Crippen LogP contribution in [0.4, 0.5) is 0 Å². The average Bonchev–Trinajstić information content (AvgIpc) is 2.94. The van der Waals surface area contributed by atoms with Crippen LogP contribution in [0.5, 0.6) is 0 Å². The van der Waals surface area contributed by atoms with E-state index in [2.05, 4.69) is 10.6 Å². The third kappa shape index (κ3) is 10.9. The molecule has 2 amide bonds. The Hall–Kier alpha value is -3.49. The summed E-state index contributed by atoms with van der Waals surface area (Å²) in [5.74, 6) is -1.54. The van der Waals surface area contributed by atoms with Crippen LogP contribution in [-0.2, 0) is 36.9 Å². The van der Waals surface area contributed by atoms with Gasteiger partial charge >= 0.3 is 5.97 Å². The molecule has 0 aliphatic carbocycles. The van der Waals surface area contributed by atoms with Gasteiger partial charge in [-0.1, -0.05) is 72.8 Å². The van der Waals surface area contributed by atoms with E-state index in [0.717, 1.165) is 11.1 Å². The predicted octanol–water partition coefficient (Wildman–Crippen LogP) is 3.09. The zero-order valence-electron chi connectivity index (χ0n) is 21.7. The Morgan fingerprint density at radius 2 is 1.76 bits per heavy atom. The van der Waals surface area contributed by atoms with Gasteiger partial charge in [-0.2, -0.15) is 0 Å². The molecule has 0 fully saturated rings. The molecule has 2 aromatic carbocycles. The van der Waals surface area contributed by atoms with Crippen molar-refractivity contribution in [3.8, 4) is 0 Å². The second-order valence-electron chi connectivity index (χ2n) is 9.53. The van der Waals surface area contributed by atoms with Gasteiger partial charge in [0.25, 0.3) is 0 Å². The van der Waals surface area contributed by atoms with Gasteiger partial charge in [-0.15, -0.1) is 0 Å². The maximum Gasteiger partial charge on any atom is 0.305 e. The number of benzene rings is 2. The molecular weight excluding hydrogens is 484 g/mol. The van der Waals surface area contributed by atoms with Crippen molar-refractivity contribution in [3.05, 3.63) is 83.9 Å². The largest absolute Gasteiger partial charge is 0.463 e. The molecule has 3 atom stereocenters. The SMILES string of the molecule is O=C(CC1CC=CCCCC(=O)OCC(COCc2ccccc2)NC1=O)NC(CO)Cc1ccccc1. The Balaban J connectivity index is 1.61. The van der Waals surface area contributed by atoms with E-state index in [4.69, 9.17) is 9.47 Å². The second kappa shape index (κ2) is 16.4. The number of allylic oxidation sites excluding steroid dienone is 2. The summed E-state index contributed by atoms with van der Waals surface area (Å²) >= 11 is 0. The van der Waals surface area contributed by atoms with Gasteiger partial charge in [0.1, 0.15) is 6.61 Å². The number of aliphatic hydroxyl groups is 1. The average molecular weight is 523 g/mol. The number of carbonyl (C=O) groups excluding carboxylic acids is 3. The van der Waals surface area contributed by atoms with Crippen LogP contribution in [0.1, 0.15) is 43.2 Å². The first-order valence-electron chi connectivity index (χ1n) is 13.2. The van der Waals surface area contributed by atoms with Crippen molar-refractivity contribution in [1.29, 1.82) is 0 Å². The van der Waals surface area contributed by atoms with E-state index < -0.39 is 18.0 Å². The summed E-state index contributed by atoms with van der Waals surface area (Å²) in [5, 5.41) is 15.6. The summed E-state index contributed by atoms with van der Waals surface area (Å²) in [5.41, 5.74) is 2.00. The highest BCUT2D eigenvalue weighted by Crippen LogP contribution is 2.14. The lowest BCUT2D eigenvalue weighted by atomic mass is 9.98. The Labute approximate surface area is 224 Å². The van der Waals surface area contributed by atoms with Crippen molar-refractivity contribution in [3.63, 3.8) is 0 Å². The highest BCUT2D eigenvalue weighted by molar-refractivity contribution is 5.86. The molecular formula is C30H38N2O6. The summed E-state index contributed by atoms with van der Waals surface area (Å²) in [6, 6.07) is 18.3. The Bertz CT molecular complexity index is 1030. The van der Waals surface area contributed by atoms with Gasteiger partial charge in [0.15, 0.2) is 0 Å². The number of cyclic esters (lactones) is 1. The summed E-state index contributed by atoms with van der Waals surface area (Å²) in [6.45, 7) is 0.311. The fraction of sp³-hybridized carbons (Fsp3) is 0.433. The van der Waals surface area contributed by atoms with Crippen LogP contribution in [0.15, 0.2) is 72.8 Å². The first kappa shape index (κ1) is 29.1. The number of nitrogens with one attached hydrogen (secondary N) is 2. The first-order valence-corrected chi connectivity index (χ1v) is 13.2. The molecule has 0 spiro atoms. The first-order chi connectivity index (χ1) is 18.5. The summed E-state index contributed by atoms with van der Waals surface area (Å²) in [4.78, 5) is 38.2. The topological polar surface area (TPSA) is 114 Å². The van der Waals surface area contributed by atoms with E-state index in [0.29, 0.717) is 38.7 Å². The van der Waals surface area contributed by atoms with Gasteiger partial charge in [0.2, 0.25) is 11.8 Å². The van der Waals surface area contributed by atoms with Gasteiger partial charge in [-0.05, 0) is 36.8 Å². The molecule has 0 saturated heterocycles. The lowest BCUT2D eigenvalue weighted by Gasteiger charge is -2.23. The molecule has 8 heteroatoms. The zero-order chi connectivity index (χ0) is 27.0. The van der Waals surface area contributed by atoms with Crippen molar-refractivity contribution in [2.75, 3.05) is 19.8 Å². The van der Waals surface area contributed by atoms with Crippen LogP contribution in [-0.4, -0.2) is 54.8 Å². The molecule has 3 unspecified atom stereocenters. The molecule has 0 aromatic heterocycles. The quantitative estimate of drug-likeness (QED) is 0.326. The van der Waals surface area contributed by atoms with Crippen molar-refractivity contribution in [1.82, 2.24) is 10.6 Å². The summed E-state index contributed by atoms with van der Waals surface area (Å²) in [7, 11) is 0. The fourth-order valence-corrected chi connectivity index (χ4v) is 4.21. The van der Waals surface area contributed by atoms with Gasteiger partial charge in [-0.3, -0.25) is 14.4 Å². The van der Waals surface area contributed by atoms with Crippen LogP contribution in [0, 0.1) is 5.92 Å². The van der Waals surface area contributed by atoms with E-state index in [9.17, 15) is 19.5 Å². The van der Waals surface area contributed by atoms with Crippen LogP contribution < -0.4 is 10.6 Å². The number of amides is 2. The van der Waals surface area contributed by atoms with Crippen molar-refractivity contribution < 1.29 is 29.0 Å². The Kier molecular flexibility index (Phi) is 12.5. The molecule has 0 radical (unpaired) electrons. The highest BCUT2D eigenvalue weighted by atomic mass is 16.5. The number of esters is 1. The van der Waals surface area contributed by atoms with Crippen molar-refractivity contribution in [2.45, 2.75) is 57.2 Å². The molecule has 0 saturated carbocycles. The van der Waals surface area contributed by atoms with Gasteiger partial charge in [0, 0.05) is 12.8 Å². The number of carbonyl (C=O) groups is 3. The minimum Gasteiger partial charge on any atom is -0.463 e. The van der Waals surface area contributed by atoms with E-state index in [1.807, 2.05) is 72.8 Å². The highest BCUT2D eigenvalue weighted by Gasteiger charge is 2.25. The molecule has 1 aliphatic heterocycles. The number of aliphatic hydroxyl groups excluding tert-OH is 1. The maximum absolute atomic E-state index is 13.3. The molecule has 0 bridgehead atoms. The van der Waals surface area contributed by atoms with Gasteiger partial charge < -0.3 is 25.2 Å². The van der Waals surface area contributed by atoms with Crippen molar-refractivity contribution >= 4 is 17.8 Å². The molecule has 38 heavy (non-hydrogen) atoms.